The largest absolute Gasteiger partial charge is 0.314 e. The molecule has 0 unspecified atom stereocenters. The summed E-state index contributed by atoms with van der Waals surface area (Å²) in [6.07, 6.45) is 7.69. The Morgan fingerprint density at radius 1 is 1.39 bits per heavy atom. The van der Waals surface area contributed by atoms with E-state index in [0.29, 0.717) is 6.04 Å². The number of nitrogens with one attached hydrogen (secondary N) is 1. The molecule has 0 amide bonds. The molecule has 0 radical (unpaired) electrons. The van der Waals surface area contributed by atoms with Gasteiger partial charge in [0.05, 0.1) is 15.6 Å². The predicted molar refractivity (Wildman–Crippen MR) is 75.4 cm³/mol. The van der Waals surface area contributed by atoms with Crippen molar-refractivity contribution in [2.24, 2.45) is 0 Å². The minimum atomic E-state index is 0.136. The van der Waals surface area contributed by atoms with E-state index in [2.05, 4.69) is 10.3 Å². The first-order valence-electron chi connectivity index (χ1n) is 6.87. The number of thiazole rings is 1. The molecule has 18 heavy (non-hydrogen) atoms. The van der Waals surface area contributed by atoms with Crippen LogP contribution in [0.25, 0.3) is 0 Å². The zero-order valence-electron chi connectivity index (χ0n) is 11.3. The van der Waals surface area contributed by atoms with Crippen molar-refractivity contribution in [1.82, 2.24) is 10.3 Å². The van der Waals surface area contributed by atoms with Gasteiger partial charge in [-0.1, -0.05) is 19.3 Å². The summed E-state index contributed by atoms with van der Waals surface area (Å²) >= 11 is 1.55. The van der Waals surface area contributed by atoms with Crippen LogP contribution in [0.2, 0.25) is 0 Å². The van der Waals surface area contributed by atoms with Crippen LogP contribution >= 0.6 is 11.3 Å². The molecule has 1 aromatic rings. The van der Waals surface area contributed by atoms with Gasteiger partial charge in [-0.15, -0.1) is 11.3 Å². The molecule has 1 saturated carbocycles. The molecule has 1 aliphatic rings. The molecule has 0 atom stereocenters. The lowest BCUT2D eigenvalue weighted by molar-refractivity contribution is 0.102. The summed E-state index contributed by atoms with van der Waals surface area (Å²) in [5.41, 5.74) is 0.889. The third kappa shape index (κ3) is 3.62. The van der Waals surface area contributed by atoms with Crippen LogP contribution in [0.4, 0.5) is 0 Å². The third-order valence-electron chi connectivity index (χ3n) is 3.54. The third-order valence-corrected chi connectivity index (χ3v) is 4.86. The van der Waals surface area contributed by atoms with Crippen LogP contribution in [0.1, 0.15) is 59.4 Å². The maximum absolute atomic E-state index is 11.4. The lowest BCUT2D eigenvalue weighted by atomic mass is 9.95. The minimum Gasteiger partial charge on any atom is -0.314 e. The van der Waals surface area contributed by atoms with Gasteiger partial charge >= 0.3 is 0 Å². The lowest BCUT2D eigenvalue weighted by Gasteiger charge is -2.22. The zero-order valence-corrected chi connectivity index (χ0v) is 12.1. The number of Topliss-reactive ketones (excluding diaryl/α,β-unsaturated/α-hetero) is 1. The summed E-state index contributed by atoms with van der Waals surface area (Å²) in [6.45, 7) is 4.52. The van der Waals surface area contributed by atoms with Crippen LogP contribution in [0.5, 0.6) is 0 Å². The van der Waals surface area contributed by atoms with Crippen molar-refractivity contribution in [3.05, 3.63) is 15.6 Å². The van der Waals surface area contributed by atoms with Gasteiger partial charge in [-0.3, -0.25) is 4.79 Å². The summed E-state index contributed by atoms with van der Waals surface area (Å²) in [5, 5.41) is 4.69. The Kier molecular flexibility index (Phi) is 4.89. The van der Waals surface area contributed by atoms with Gasteiger partial charge in [-0.25, -0.2) is 4.98 Å². The predicted octanol–water partition coefficient (Wildman–Crippen LogP) is 3.12. The van der Waals surface area contributed by atoms with Gasteiger partial charge in [0.1, 0.15) is 0 Å². The van der Waals surface area contributed by atoms with Gasteiger partial charge in [-0.2, -0.15) is 0 Å². The van der Waals surface area contributed by atoms with Crippen LogP contribution in [-0.4, -0.2) is 23.4 Å². The van der Waals surface area contributed by atoms with Crippen LogP contribution < -0.4 is 5.32 Å². The molecule has 0 aromatic carbocycles. The number of aromatic nitrogens is 1. The lowest BCUT2D eigenvalue weighted by Crippen LogP contribution is -2.32. The standard InChI is InChI=1S/C14H22N2OS/c1-10-14(11(2)17)18-13(16-10)8-9-15-12-6-4-3-5-7-12/h12,15H,3-9H2,1-2H3. The minimum absolute atomic E-state index is 0.136. The molecule has 1 fully saturated rings. The first kappa shape index (κ1) is 13.7. The molecule has 0 aliphatic heterocycles. The van der Waals surface area contributed by atoms with Crippen molar-refractivity contribution < 1.29 is 4.79 Å². The van der Waals surface area contributed by atoms with E-state index < -0.39 is 0 Å². The van der Waals surface area contributed by atoms with E-state index in [4.69, 9.17) is 0 Å². The maximum atomic E-state index is 11.4. The first-order valence-corrected chi connectivity index (χ1v) is 7.69. The van der Waals surface area contributed by atoms with Crippen LogP contribution in [0.3, 0.4) is 0 Å². The second-order valence-corrected chi connectivity index (χ2v) is 6.20. The molecule has 4 heteroatoms. The Balaban J connectivity index is 1.79. The smallest absolute Gasteiger partial charge is 0.171 e. The van der Waals surface area contributed by atoms with E-state index in [9.17, 15) is 4.79 Å². The Hall–Kier alpha value is -0.740. The normalized spacial score (nSPS) is 17.0. The van der Waals surface area contributed by atoms with E-state index >= 15 is 0 Å². The second kappa shape index (κ2) is 6.43. The molecule has 1 aliphatic carbocycles. The van der Waals surface area contributed by atoms with Crippen molar-refractivity contribution in [1.29, 1.82) is 0 Å². The quantitative estimate of drug-likeness (QED) is 0.833. The molecule has 100 valence electrons. The van der Waals surface area contributed by atoms with Crippen LogP contribution in [-0.2, 0) is 6.42 Å². The van der Waals surface area contributed by atoms with E-state index in [1.54, 1.807) is 18.3 Å². The number of rotatable bonds is 5. The van der Waals surface area contributed by atoms with Gasteiger partial charge in [0.25, 0.3) is 0 Å². The summed E-state index contributed by atoms with van der Waals surface area (Å²) < 4.78 is 0. The molecule has 1 heterocycles. The molecule has 0 bridgehead atoms. The fraction of sp³-hybridized carbons (Fsp3) is 0.714. The van der Waals surface area contributed by atoms with Crippen LogP contribution in [0, 0.1) is 6.92 Å². The van der Waals surface area contributed by atoms with Gasteiger partial charge in [-0.05, 0) is 19.8 Å². The summed E-state index contributed by atoms with van der Waals surface area (Å²) in [4.78, 5) is 16.6. The molecule has 0 saturated heterocycles. The van der Waals surface area contributed by atoms with Gasteiger partial charge < -0.3 is 5.32 Å². The average Bonchev–Trinajstić information content (AvgIpc) is 2.72. The highest BCUT2D eigenvalue weighted by atomic mass is 32.1. The Bertz CT molecular complexity index is 408. The second-order valence-electron chi connectivity index (χ2n) is 5.12. The monoisotopic (exact) mass is 266 g/mol. The van der Waals surface area contributed by atoms with E-state index in [1.807, 2.05) is 6.92 Å². The molecular weight excluding hydrogens is 244 g/mol. The average molecular weight is 266 g/mol. The number of carbonyl (C=O) groups excluding carboxylic acids is 1. The number of hydrogen-bond donors (Lipinski definition) is 1. The maximum Gasteiger partial charge on any atom is 0.171 e. The van der Waals surface area contributed by atoms with E-state index in [0.717, 1.165) is 28.5 Å². The SMILES string of the molecule is CC(=O)c1sc(CCNC2CCCCC2)nc1C. The van der Waals surface area contributed by atoms with Gasteiger partial charge in [0.15, 0.2) is 5.78 Å². The number of aryl methyl sites for hydroxylation is 1. The number of carbonyl (C=O) groups is 1. The Labute approximate surface area is 113 Å². The molecule has 0 spiro atoms. The number of hydrogen-bond acceptors (Lipinski definition) is 4. The van der Waals surface area contributed by atoms with E-state index in [1.165, 1.54) is 32.1 Å². The van der Waals surface area contributed by atoms with Crippen molar-refractivity contribution >= 4 is 17.1 Å². The van der Waals surface area contributed by atoms with Crippen molar-refractivity contribution in [2.45, 2.75) is 58.4 Å². The molecule has 2 rings (SSSR count). The number of ketones is 1. The molecule has 1 aromatic heterocycles. The fourth-order valence-corrected chi connectivity index (χ4v) is 3.54. The summed E-state index contributed by atoms with van der Waals surface area (Å²) in [7, 11) is 0. The first-order chi connectivity index (χ1) is 8.66. The Morgan fingerprint density at radius 3 is 2.72 bits per heavy atom. The van der Waals surface area contributed by atoms with Crippen molar-refractivity contribution in [2.75, 3.05) is 6.54 Å². The number of nitrogens with zero attached hydrogens (tertiary/aromatic N) is 1. The highest BCUT2D eigenvalue weighted by Crippen LogP contribution is 2.20. The highest BCUT2D eigenvalue weighted by molar-refractivity contribution is 7.13. The Morgan fingerprint density at radius 2 is 2.11 bits per heavy atom. The molecule has 3 nitrogen and oxygen atoms in total. The molecule has 1 N–H and O–H groups in total. The topological polar surface area (TPSA) is 42.0 Å². The molecular formula is C14H22N2OS. The summed E-state index contributed by atoms with van der Waals surface area (Å²) in [5.74, 6) is 0.136. The van der Waals surface area contributed by atoms with Crippen molar-refractivity contribution in [3.8, 4) is 0 Å². The van der Waals surface area contributed by atoms with Crippen molar-refractivity contribution in [3.63, 3.8) is 0 Å². The van der Waals surface area contributed by atoms with Crippen LogP contribution in [0.15, 0.2) is 0 Å². The van der Waals surface area contributed by atoms with Gasteiger partial charge in [0, 0.05) is 25.9 Å². The highest BCUT2D eigenvalue weighted by Gasteiger charge is 2.14. The fourth-order valence-electron chi connectivity index (χ4n) is 2.58. The summed E-state index contributed by atoms with van der Waals surface area (Å²) in [6, 6.07) is 0.701. The van der Waals surface area contributed by atoms with E-state index in [-0.39, 0.29) is 5.78 Å². The van der Waals surface area contributed by atoms with Gasteiger partial charge in [0.2, 0.25) is 0 Å². The zero-order chi connectivity index (χ0) is 13.0.